The molecule has 4 N–H and O–H groups in total. The minimum atomic E-state index is -0.156. The molecule has 0 aliphatic rings. The van der Waals surface area contributed by atoms with E-state index in [2.05, 4.69) is 25.8 Å². The topological polar surface area (TPSA) is 110 Å². The summed E-state index contributed by atoms with van der Waals surface area (Å²) < 4.78 is 1.85. The summed E-state index contributed by atoms with van der Waals surface area (Å²) in [5, 5.41) is 6.76. The summed E-state index contributed by atoms with van der Waals surface area (Å²) in [4.78, 5) is 19.7. The van der Waals surface area contributed by atoms with Gasteiger partial charge in [0, 0.05) is 42.6 Å². The summed E-state index contributed by atoms with van der Waals surface area (Å²) in [7, 11) is 0. The molecule has 0 aliphatic heterocycles. The Balaban J connectivity index is 1.95. The number of hydrogen-bond donors (Lipinski definition) is 3. The Hall–Kier alpha value is -3.42. The van der Waals surface area contributed by atoms with Crippen LogP contribution in [0.3, 0.4) is 0 Å². The molecule has 8 heteroatoms. The lowest BCUT2D eigenvalue weighted by Gasteiger charge is -2.05. The molecule has 0 aliphatic carbocycles. The standard InChI is InChI=1S/C17H19N7O/c1-3-20-21-8-14-6-13(7-19-17(14)18)12-4-5-16-23-15(22-11(2)25)10-24(16)9-12/h4-10,20H,3H2,1-2H3,(H2,18,19)(H,22,25). The summed E-state index contributed by atoms with van der Waals surface area (Å²) >= 11 is 0. The molecule has 0 aromatic carbocycles. The Morgan fingerprint density at radius 1 is 1.36 bits per heavy atom. The fourth-order valence-electron chi connectivity index (χ4n) is 2.36. The number of nitrogen functional groups attached to an aromatic ring is 1. The first kappa shape index (κ1) is 16.4. The summed E-state index contributed by atoms with van der Waals surface area (Å²) in [6.45, 7) is 4.15. The average Bonchev–Trinajstić information content (AvgIpc) is 2.97. The third kappa shape index (κ3) is 3.74. The molecule has 8 nitrogen and oxygen atoms in total. The number of hydrazone groups is 1. The lowest BCUT2D eigenvalue weighted by molar-refractivity contribution is -0.114. The molecular weight excluding hydrogens is 318 g/mol. The maximum atomic E-state index is 11.2. The number of imidazole rings is 1. The summed E-state index contributed by atoms with van der Waals surface area (Å²) in [6.07, 6.45) is 7.05. The number of pyridine rings is 2. The van der Waals surface area contributed by atoms with Crippen molar-refractivity contribution in [3.05, 3.63) is 42.4 Å². The number of carbonyl (C=O) groups excluding carboxylic acids is 1. The van der Waals surface area contributed by atoms with Crippen molar-refractivity contribution in [3.63, 3.8) is 0 Å². The van der Waals surface area contributed by atoms with Crippen molar-refractivity contribution in [2.24, 2.45) is 5.10 Å². The van der Waals surface area contributed by atoms with E-state index in [4.69, 9.17) is 5.73 Å². The molecule has 0 fully saturated rings. The van der Waals surface area contributed by atoms with Crippen LogP contribution in [-0.2, 0) is 4.79 Å². The molecular formula is C17H19N7O. The second-order valence-corrected chi connectivity index (χ2v) is 5.46. The monoisotopic (exact) mass is 337 g/mol. The van der Waals surface area contributed by atoms with Gasteiger partial charge in [0.1, 0.15) is 11.5 Å². The number of hydrogen-bond acceptors (Lipinski definition) is 6. The van der Waals surface area contributed by atoms with Gasteiger partial charge in [-0.2, -0.15) is 5.10 Å². The molecule has 0 unspecified atom stereocenters. The third-order valence-electron chi connectivity index (χ3n) is 3.49. The normalized spacial score (nSPS) is 11.1. The van der Waals surface area contributed by atoms with Crippen LogP contribution in [-0.4, -0.2) is 33.0 Å². The van der Waals surface area contributed by atoms with Crippen LogP contribution in [0.25, 0.3) is 16.8 Å². The molecule has 0 bridgehead atoms. The number of nitrogens with zero attached hydrogens (tertiary/aromatic N) is 4. The van der Waals surface area contributed by atoms with Crippen LogP contribution in [0.1, 0.15) is 19.4 Å². The molecule has 3 aromatic rings. The maximum absolute atomic E-state index is 11.2. The molecule has 3 heterocycles. The Bertz CT molecular complexity index is 945. The zero-order chi connectivity index (χ0) is 17.8. The predicted octanol–water partition coefficient (Wildman–Crippen LogP) is 1.88. The first-order chi connectivity index (χ1) is 12.1. The smallest absolute Gasteiger partial charge is 0.222 e. The Labute approximate surface area is 144 Å². The molecule has 3 aromatic heterocycles. The van der Waals surface area contributed by atoms with E-state index in [0.29, 0.717) is 11.6 Å². The van der Waals surface area contributed by atoms with Gasteiger partial charge in [0.15, 0.2) is 5.82 Å². The fourth-order valence-corrected chi connectivity index (χ4v) is 2.36. The van der Waals surface area contributed by atoms with Crippen LogP contribution < -0.4 is 16.5 Å². The van der Waals surface area contributed by atoms with E-state index in [1.807, 2.05) is 35.7 Å². The quantitative estimate of drug-likeness (QED) is 0.486. The molecule has 0 spiro atoms. The predicted molar refractivity (Wildman–Crippen MR) is 98.4 cm³/mol. The summed E-state index contributed by atoms with van der Waals surface area (Å²) in [5.74, 6) is 0.775. The van der Waals surface area contributed by atoms with Crippen LogP contribution in [0, 0.1) is 0 Å². The highest BCUT2D eigenvalue weighted by Gasteiger charge is 2.07. The second-order valence-electron chi connectivity index (χ2n) is 5.46. The number of carbonyl (C=O) groups is 1. The zero-order valence-electron chi connectivity index (χ0n) is 14.0. The van der Waals surface area contributed by atoms with Crippen molar-refractivity contribution in [1.82, 2.24) is 19.8 Å². The van der Waals surface area contributed by atoms with Gasteiger partial charge in [0.2, 0.25) is 5.91 Å². The van der Waals surface area contributed by atoms with Crippen LogP contribution in [0.2, 0.25) is 0 Å². The van der Waals surface area contributed by atoms with Crippen LogP contribution >= 0.6 is 0 Å². The molecule has 0 saturated carbocycles. The fraction of sp³-hybridized carbons (Fsp3) is 0.176. The number of amides is 1. The first-order valence-corrected chi connectivity index (χ1v) is 7.85. The molecule has 25 heavy (non-hydrogen) atoms. The van der Waals surface area contributed by atoms with E-state index in [1.165, 1.54) is 6.92 Å². The Morgan fingerprint density at radius 3 is 2.96 bits per heavy atom. The first-order valence-electron chi connectivity index (χ1n) is 7.85. The SMILES string of the molecule is CCNN=Cc1cc(-c2ccc3nc(NC(C)=O)cn3c2)cnc1N. The van der Waals surface area contributed by atoms with Crippen molar-refractivity contribution < 1.29 is 4.79 Å². The van der Waals surface area contributed by atoms with Gasteiger partial charge in [-0.05, 0) is 25.1 Å². The molecule has 0 atom stereocenters. The Kier molecular flexibility index (Phi) is 4.60. The van der Waals surface area contributed by atoms with E-state index < -0.39 is 0 Å². The van der Waals surface area contributed by atoms with Gasteiger partial charge in [0.05, 0.1) is 12.4 Å². The lowest BCUT2D eigenvalue weighted by atomic mass is 10.1. The van der Waals surface area contributed by atoms with Crippen LogP contribution in [0.4, 0.5) is 11.6 Å². The van der Waals surface area contributed by atoms with Crippen molar-refractivity contribution >= 4 is 29.4 Å². The molecule has 128 valence electrons. The molecule has 0 radical (unpaired) electrons. The van der Waals surface area contributed by atoms with Crippen molar-refractivity contribution in [3.8, 4) is 11.1 Å². The number of rotatable bonds is 5. The summed E-state index contributed by atoms with van der Waals surface area (Å²) in [5.41, 5.74) is 12.1. The van der Waals surface area contributed by atoms with Gasteiger partial charge >= 0.3 is 0 Å². The zero-order valence-corrected chi connectivity index (χ0v) is 14.0. The van der Waals surface area contributed by atoms with Gasteiger partial charge in [-0.1, -0.05) is 0 Å². The number of aromatic nitrogens is 3. The van der Waals surface area contributed by atoms with Crippen molar-refractivity contribution in [2.75, 3.05) is 17.6 Å². The van der Waals surface area contributed by atoms with E-state index in [9.17, 15) is 4.79 Å². The number of nitrogens with two attached hydrogens (primary N) is 1. The van der Waals surface area contributed by atoms with Gasteiger partial charge in [-0.15, -0.1) is 0 Å². The van der Waals surface area contributed by atoms with Crippen molar-refractivity contribution in [2.45, 2.75) is 13.8 Å². The van der Waals surface area contributed by atoms with E-state index >= 15 is 0 Å². The Morgan fingerprint density at radius 2 is 2.20 bits per heavy atom. The van der Waals surface area contributed by atoms with Gasteiger partial charge < -0.3 is 20.9 Å². The number of anilines is 2. The molecule has 3 rings (SSSR count). The van der Waals surface area contributed by atoms with Gasteiger partial charge in [0.25, 0.3) is 0 Å². The summed E-state index contributed by atoms with van der Waals surface area (Å²) in [6, 6.07) is 5.75. The highest BCUT2D eigenvalue weighted by Crippen LogP contribution is 2.22. The maximum Gasteiger partial charge on any atom is 0.222 e. The van der Waals surface area contributed by atoms with E-state index in [0.717, 1.165) is 28.9 Å². The highest BCUT2D eigenvalue weighted by molar-refractivity contribution is 5.88. The number of fused-ring (bicyclic) bond motifs is 1. The molecule has 1 amide bonds. The van der Waals surface area contributed by atoms with Gasteiger partial charge in [-0.3, -0.25) is 4.79 Å². The second kappa shape index (κ2) is 7.00. The van der Waals surface area contributed by atoms with Gasteiger partial charge in [-0.25, -0.2) is 9.97 Å². The largest absolute Gasteiger partial charge is 0.383 e. The minimum Gasteiger partial charge on any atom is -0.383 e. The highest BCUT2D eigenvalue weighted by atomic mass is 16.1. The molecule has 0 saturated heterocycles. The number of nitrogens with one attached hydrogen (secondary N) is 2. The van der Waals surface area contributed by atoms with Crippen LogP contribution in [0.15, 0.2) is 41.9 Å². The average molecular weight is 337 g/mol. The van der Waals surface area contributed by atoms with E-state index in [1.54, 1.807) is 18.6 Å². The minimum absolute atomic E-state index is 0.156. The third-order valence-corrected chi connectivity index (χ3v) is 3.49. The lowest BCUT2D eigenvalue weighted by Crippen LogP contribution is -2.05. The van der Waals surface area contributed by atoms with Crippen molar-refractivity contribution in [1.29, 1.82) is 0 Å². The van der Waals surface area contributed by atoms with E-state index in [-0.39, 0.29) is 5.91 Å². The van der Waals surface area contributed by atoms with Crippen LogP contribution in [0.5, 0.6) is 0 Å².